The van der Waals surface area contributed by atoms with Gasteiger partial charge < -0.3 is 137 Å². The summed E-state index contributed by atoms with van der Waals surface area (Å²) in [5.74, 6) is -16.7. The summed E-state index contributed by atoms with van der Waals surface area (Å²) in [5.41, 5.74) is 11.1. The molecule has 6 aromatic rings. The predicted octanol–water partition coefficient (Wildman–Crippen LogP) is 9.86. The van der Waals surface area contributed by atoms with Gasteiger partial charge in [-0.3, -0.25) is 24.1 Å². The zero-order valence-electron chi connectivity index (χ0n) is 80.4. The van der Waals surface area contributed by atoms with Gasteiger partial charge in [0.2, 0.25) is 59.2 Å². The predicted molar refractivity (Wildman–Crippen MR) is 541 cm³/mol. The number of carbonyl (C=O) groups is 3. The van der Waals surface area contributed by atoms with Gasteiger partial charge in [0.25, 0.3) is 20.1 Å². The number of para-hydroxylation sites is 2. The number of benzene rings is 6. The Kier molecular flexibility index (Phi) is 34.7. The van der Waals surface area contributed by atoms with Crippen LogP contribution in [0.2, 0.25) is 10.0 Å². The standard InChI is InChI=1S/C100H115Cl2N13O30S2/c1-48(2)37-63(105-6)91(127)112-82-84(122)52-25-30-69(61(101)39-52)141-71-41-54-42-72(88(71)145-99-89(87(125)86(124)73(47-116)143-99)144-76-46-100(5,104)90(126)50(4)140-76)142-70-31-26-53(40-62(70)102)85(123)83-97(133)111-81(60-43-55(117)44-68(119)77(60)59-38-51(24-29-67(59)118)79(94(130)113-83)110-95(131)80(54)109-92(128)64(45-74(103)120)108-96(82)132)93(129)107-33-14-8-7-13-32-106-75(121)21-15-35-115(147(138,139)56-27-22-49(3)23-28-56)98(134)78-57-17-9-11-19-65(57)114(34-16-36-146(135,136)137)66-20-12-10-18-58(66)78/h9-12,17-20,22-31,38-44,48,50,63-64,73,76,79-87,89-90,99,105,116,122-126H,7-8,13-16,21,32-37,45-47,104H2,1-6H3,(H13,103,106,107,108,109,110,111,112,113,117,119,120,121,127,128,129,130,131,132,133,134,135,136,137)/p+1/b77-59-/t50-,63+,64-,73+,76-,79+,80+,81-,82+,83-,84+,85+,86+,87-,89+,90+,99-,100-/m0/s1. The van der Waals surface area contributed by atoms with Crippen molar-refractivity contribution in [3.63, 3.8) is 0 Å². The Bertz CT molecular complexity index is 6670. The van der Waals surface area contributed by atoms with Crippen LogP contribution in [0.1, 0.15) is 144 Å². The minimum atomic E-state index is -4.54. The Hall–Kier alpha value is -13.1. The Balaban J connectivity index is 0.820. The van der Waals surface area contributed by atoms with Crippen LogP contribution in [0.3, 0.4) is 0 Å². The number of hydrogen-bond acceptors (Lipinski definition) is 30. The van der Waals surface area contributed by atoms with Gasteiger partial charge in [0.1, 0.15) is 65.5 Å². The van der Waals surface area contributed by atoms with Crippen LogP contribution in [0.5, 0.6) is 28.7 Å². The molecule has 43 nitrogen and oxygen atoms in total. The highest BCUT2D eigenvalue weighted by Gasteiger charge is 2.53. The molecule has 18 atom stereocenters. The topological polar surface area (TPSA) is 692 Å². The van der Waals surface area contributed by atoms with Gasteiger partial charge >= 0.3 is 0 Å². The van der Waals surface area contributed by atoms with Gasteiger partial charge in [0, 0.05) is 90.7 Å². The number of nitrogens with zero attached hydrogens (tertiary/aromatic N) is 10. The molecule has 0 spiro atoms. The van der Waals surface area contributed by atoms with Gasteiger partial charge in [-0.2, -0.15) is 8.42 Å². The molecule has 0 radical (unpaired) electrons. The molecule has 11 bridgehead atoms. The molecular weight excluding hydrogens is 2000 g/mol. The summed E-state index contributed by atoms with van der Waals surface area (Å²) in [6.07, 6.45) is -12.8. The number of aliphatic hydroxyl groups excluding tert-OH is 16. The smallest absolute Gasteiger partial charge is 0.266 e. The van der Waals surface area contributed by atoms with E-state index in [0.717, 1.165) is 64.5 Å². The lowest BCUT2D eigenvalue weighted by Gasteiger charge is -2.45. The highest BCUT2D eigenvalue weighted by atomic mass is 35.5. The molecule has 2 saturated heterocycles. The van der Waals surface area contributed by atoms with Crippen molar-refractivity contribution in [2.24, 2.45) is 45.9 Å². The number of ether oxygens (including phenoxy) is 6. The van der Waals surface area contributed by atoms with Crippen molar-refractivity contribution in [1.29, 1.82) is 0 Å². The van der Waals surface area contributed by atoms with Crippen LogP contribution in [-0.2, 0) is 48.7 Å². The third-order valence-electron chi connectivity index (χ3n) is 25.7. The summed E-state index contributed by atoms with van der Waals surface area (Å²) >= 11 is 14.4. The maximum Gasteiger partial charge on any atom is 0.266 e. The van der Waals surface area contributed by atoms with E-state index in [-0.39, 0.29) is 114 Å². The monoisotopic (exact) mass is 2110 g/mol. The number of aliphatic hydroxyl groups is 16. The molecule has 0 unspecified atom stereocenters. The van der Waals surface area contributed by atoms with Gasteiger partial charge in [0.05, 0.1) is 58.4 Å². The Morgan fingerprint density at radius 3 is 1.91 bits per heavy atom. The van der Waals surface area contributed by atoms with Crippen molar-refractivity contribution in [2.45, 2.75) is 213 Å². The molecule has 147 heavy (non-hydrogen) atoms. The molecule has 8 heterocycles. The second-order valence-corrected chi connectivity index (χ2v) is 41.4. The molecule has 6 aromatic carbocycles. The zero-order valence-corrected chi connectivity index (χ0v) is 83.5. The first-order valence-corrected chi connectivity index (χ1v) is 51.0. The lowest BCUT2D eigenvalue weighted by atomic mass is 9.83. The first-order valence-electron chi connectivity index (χ1n) is 47.2. The summed E-state index contributed by atoms with van der Waals surface area (Å²) in [5, 5.41) is 196. The van der Waals surface area contributed by atoms with Crippen LogP contribution < -0.4 is 30.2 Å². The highest BCUT2D eigenvalue weighted by molar-refractivity contribution is 7.89. The highest BCUT2D eigenvalue weighted by Crippen LogP contribution is 2.52. The van der Waals surface area contributed by atoms with Crippen molar-refractivity contribution in [3.8, 4) is 28.7 Å². The van der Waals surface area contributed by atoms with Crippen LogP contribution >= 0.6 is 23.2 Å². The second kappa shape index (κ2) is 46.6. The molecule has 8 aliphatic heterocycles. The molecular formula is C100H116Cl2N13O30S2+. The van der Waals surface area contributed by atoms with E-state index in [1.807, 2.05) is 18.7 Å². The molecule has 10 aliphatic rings. The number of nitrogens with one attached hydrogen (secondary N) is 1. The number of allylic oxidation sites excluding steroid dienone is 6. The Labute approximate surface area is 854 Å². The van der Waals surface area contributed by atoms with Crippen molar-refractivity contribution in [3.05, 3.63) is 235 Å². The third-order valence-corrected chi connectivity index (χ3v) is 28.9. The number of nitrogens with two attached hydrogens (primary N) is 1. The van der Waals surface area contributed by atoms with Crippen LogP contribution in [0, 0.1) is 12.8 Å². The van der Waals surface area contributed by atoms with Gasteiger partial charge in [-0.25, -0.2) is 42.7 Å². The normalized spacial score (nSPS) is 26.5. The van der Waals surface area contributed by atoms with E-state index in [4.69, 9.17) is 57.4 Å². The number of aryl methyl sites for hydroxylation is 1. The number of aliphatic imine (C=N–C) groups is 8. The van der Waals surface area contributed by atoms with E-state index in [1.54, 1.807) is 86.9 Å². The third kappa shape index (κ3) is 25.2. The van der Waals surface area contributed by atoms with E-state index in [0.29, 0.717) is 47.8 Å². The fraction of sp³-hybridized carbons (Fsp3) is 0.410. The van der Waals surface area contributed by atoms with Crippen LogP contribution in [0.25, 0.3) is 11.3 Å². The fourth-order valence-corrected chi connectivity index (χ4v) is 20.5. The number of amides is 1. The Morgan fingerprint density at radius 1 is 0.701 bits per heavy atom. The van der Waals surface area contributed by atoms with E-state index in [1.165, 1.54) is 37.3 Å². The molecule has 786 valence electrons. The average Bonchev–Trinajstić information content (AvgIpc) is 0.743. The number of hydrogen-bond donors (Lipinski definition) is 19. The number of halogens is 2. The van der Waals surface area contributed by atoms with Gasteiger partial charge in [-0.05, 0) is 154 Å². The molecule has 1 amide bonds. The van der Waals surface area contributed by atoms with Crippen molar-refractivity contribution >= 4 is 125 Å². The number of unbranched alkanes of at least 4 members (excludes halogenated alkanes) is 3. The van der Waals surface area contributed by atoms with Crippen molar-refractivity contribution < 1.29 is 157 Å². The number of rotatable bonds is 31. The van der Waals surface area contributed by atoms with Crippen LogP contribution in [0.15, 0.2) is 230 Å². The average molecular weight is 2120 g/mol. The largest absolute Gasteiger partial charge is 0.668 e. The van der Waals surface area contributed by atoms with Crippen molar-refractivity contribution in [1.82, 2.24) is 4.31 Å². The number of likely N-dealkylation sites (N-methyl/N-ethyl adjacent to an activating group) is 1. The van der Waals surface area contributed by atoms with Crippen LogP contribution in [-0.4, -0.2) is 309 Å². The summed E-state index contributed by atoms with van der Waals surface area (Å²) in [4.78, 5) is 78.6. The maximum absolute atomic E-state index is 14.8. The summed E-state index contributed by atoms with van der Waals surface area (Å²) in [6.45, 7) is 7.23. The van der Waals surface area contributed by atoms with Gasteiger partial charge in [-0.1, -0.05) is 122 Å². The lowest BCUT2D eigenvalue weighted by Crippen LogP contribution is -2.88. The Morgan fingerprint density at radius 2 is 1.31 bits per heavy atom. The quantitative estimate of drug-likeness (QED) is 0.00632. The molecule has 16 rings (SSSR count). The summed E-state index contributed by atoms with van der Waals surface area (Å²) in [6, 6.07) is 14.5. The molecule has 0 aromatic heterocycles. The summed E-state index contributed by atoms with van der Waals surface area (Å²) in [7, 11) is -7.25. The fourth-order valence-electron chi connectivity index (χ4n) is 18.1. The molecule has 0 saturated carbocycles. The number of sulfonamides is 1. The van der Waals surface area contributed by atoms with Crippen molar-refractivity contribution in [2.75, 3.05) is 50.5 Å². The van der Waals surface area contributed by atoms with E-state index in [2.05, 4.69) is 45.7 Å². The molecule has 2 aliphatic carbocycles. The molecule has 47 heteroatoms. The summed E-state index contributed by atoms with van der Waals surface area (Å²) < 4.78 is 103. The van der Waals surface area contributed by atoms with E-state index < -0.39 is 269 Å². The zero-order chi connectivity index (χ0) is 106. The minimum Gasteiger partial charge on any atom is -0.668 e. The van der Waals surface area contributed by atoms with Gasteiger partial charge in [-0.15, -0.1) is 0 Å². The molecule has 2 fully saturated rings. The second-order valence-electron chi connectivity index (χ2n) is 37.2. The number of ketones is 2. The maximum atomic E-state index is 14.8. The van der Waals surface area contributed by atoms with Gasteiger partial charge in [0.15, 0.2) is 77.6 Å². The number of quaternary nitrogens is 2. The first-order chi connectivity index (χ1) is 69.7. The lowest BCUT2D eigenvalue weighted by molar-refractivity contribution is -0.650. The SMILES string of the molecule is C[NH2+][C@H](CC(C)C)C(O)=N[C@H]1C(O)=N[C@@H](CC([NH-])=O)C(O)=N[C@H]2C(O)=N[C@@H]3C4=C/C(=C5/C(O)=CC(=O)C=C5[C@@H](C(O)=NCCCCCCN=C(O)CCCN(C(O)=C5c6ccccc6N(CCCS(=O)(=O)O)c6ccccc65)S(=O)(=O)c5ccc(C)cc5)N=C(O)[C@@H](N=C3O)[C@H](O)c3ccc(c(Cl)c3)Oc3cc2cc(c3O[C@@H]2O[C@H](CO)[C@@H](O)[C@H](O)[C@H]2O[C@H]2C[C@](C)([NH3+])[C@H](O)[C@H](C)O2)Oc2ccc(cc2Cl)[C@H]1O)C(=O)C=C4. The van der Waals surface area contributed by atoms with Crippen LogP contribution in [0.4, 0.5) is 11.4 Å². The number of fused-ring (bicyclic) bond motifs is 12. The first kappa shape index (κ1) is 110. The number of carbonyl (C=O) groups excluding carboxylic acids is 3. The van der Waals surface area contributed by atoms with E-state index >= 15 is 0 Å². The molecule has 23 N–H and O–H groups in total. The minimum absolute atomic E-state index is 0.0167. The number of anilines is 2. The van der Waals surface area contributed by atoms with E-state index in [9.17, 15) is 117 Å².